The third kappa shape index (κ3) is 3.42. The van der Waals surface area contributed by atoms with Gasteiger partial charge in [-0.25, -0.2) is 0 Å². The van der Waals surface area contributed by atoms with E-state index >= 15 is 0 Å². The van der Waals surface area contributed by atoms with Gasteiger partial charge in [-0.2, -0.15) is 0 Å². The SMILES string of the molecule is C[C@H]([C@H](O)c1ccccc1)[N@@+]1(C)Cc2cc3ccccc3cc2-c2c(ccc3ccccc23)C1. The van der Waals surface area contributed by atoms with Gasteiger partial charge in [-0.05, 0) is 57.3 Å². The molecular weight excluding hydrogens is 414 g/mol. The number of fused-ring (bicyclic) bond motifs is 6. The molecule has 0 bridgehead atoms. The zero-order valence-corrected chi connectivity index (χ0v) is 19.8. The molecule has 0 aromatic heterocycles. The number of aliphatic hydroxyl groups is 1. The summed E-state index contributed by atoms with van der Waals surface area (Å²) in [7, 11) is 2.31. The maximum atomic E-state index is 11.4. The number of nitrogens with zero attached hydrogens (tertiary/aromatic N) is 1. The Labute approximate surface area is 201 Å². The van der Waals surface area contributed by atoms with Crippen molar-refractivity contribution in [1.82, 2.24) is 0 Å². The van der Waals surface area contributed by atoms with Crippen molar-refractivity contribution >= 4 is 21.5 Å². The van der Waals surface area contributed by atoms with Crippen LogP contribution in [0, 0.1) is 0 Å². The summed E-state index contributed by atoms with van der Waals surface area (Å²) >= 11 is 0. The highest BCUT2D eigenvalue weighted by Crippen LogP contribution is 2.43. The summed E-state index contributed by atoms with van der Waals surface area (Å²) in [5.74, 6) is 0. The van der Waals surface area contributed by atoms with Crippen LogP contribution in [0.25, 0.3) is 32.7 Å². The molecule has 6 rings (SSSR count). The molecule has 168 valence electrons. The van der Waals surface area contributed by atoms with Crippen LogP contribution in [0.4, 0.5) is 0 Å². The van der Waals surface area contributed by atoms with Crippen molar-refractivity contribution in [3.63, 3.8) is 0 Å². The summed E-state index contributed by atoms with van der Waals surface area (Å²) in [5, 5.41) is 16.5. The number of rotatable bonds is 3. The molecule has 0 fully saturated rings. The normalized spacial score (nSPS) is 19.3. The van der Waals surface area contributed by atoms with E-state index in [4.69, 9.17) is 0 Å². The van der Waals surface area contributed by atoms with Gasteiger partial charge in [0.2, 0.25) is 0 Å². The highest BCUT2D eigenvalue weighted by atomic mass is 16.3. The summed E-state index contributed by atoms with van der Waals surface area (Å²) in [4.78, 5) is 0. The molecule has 1 N–H and O–H groups in total. The lowest BCUT2D eigenvalue weighted by atomic mass is 9.90. The molecule has 0 amide bonds. The molecule has 5 aromatic rings. The molecule has 0 aliphatic carbocycles. The number of likely N-dealkylation sites (N-methyl/N-ethyl adjacent to an activating group) is 1. The Kier molecular flexibility index (Phi) is 5.02. The first-order valence-corrected chi connectivity index (χ1v) is 12.1. The second-order valence-corrected chi connectivity index (χ2v) is 10.1. The maximum Gasteiger partial charge on any atom is 0.130 e. The number of hydrogen-bond acceptors (Lipinski definition) is 1. The predicted octanol–water partition coefficient (Wildman–Crippen LogP) is 7.24. The summed E-state index contributed by atoms with van der Waals surface area (Å²) in [5.41, 5.74) is 6.36. The van der Waals surface area contributed by atoms with Crippen LogP contribution in [-0.2, 0) is 13.1 Å². The number of hydrogen-bond donors (Lipinski definition) is 1. The number of quaternary nitrogens is 1. The number of aliphatic hydroxyl groups excluding tert-OH is 1. The molecule has 34 heavy (non-hydrogen) atoms. The van der Waals surface area contributed by atoms with Crippen molar-refractivity contribution in [2.24, 2.45) is 0 Å². The van der Waals surface area contributed by atoms with Crippen molar-refractivity contribution in [2.45, 2.75) is 32.2 Å². The highest BCUT2D eigenvalue weighted by molar-refractivity contribution is 6.01. The molecular formula is C32H30NO+. The summed E-state index contributed by atoms with van der Waals surface area (Å²) in [6.07, 6.45) is -0.530. The van der Waals surface area contributed by atoms with Crippen LogP contribution in [0.2, 0.25) is 0 Å². The zero-order chi connectivity index (χ0) is 23.3. The average Bonchev–Trinajstić information content (AvgIpc) is 3.00. The van der Waals surface area contributed by atoms with Gasteiger partial charge >= 0.3 is 0 Å². The molecule has 2 nitrogen and oxygen atoms in total. The first-order valence-electron chi connectivity index (χ1n) is 12.1. The quantitative estimate of drug-likeness (QED) is 0.291. The van der Waals surface area contributed by atoms with E-state index in [2.05, 4.69) is 86.8 Å². The Morgan fingerprint density at radius 3 is 2.06 bits per heavy atom. The van der Waals surface area contributed by atoms with E-state index in [9.17, 15) is 5.11 Å². The third-order valence-corrected chi connectivity index (χ3v) is 7.90. The molecule has 0 saturated carbocycles. The highest BCUT2D eigenvalue weighted by Gasteiger charge is 2.39. The second kappa shape index (κ2) is 8.09. The molecule has 1 heterocycles. The molecule has 2 heteroatoms. The Bertz CT molecular complexity index is 1510. The lowest BCUT2D eigenvalue weighted by Gasteiger charge is -2.42. The second-order valence-electron chi connectivity index (χ2n) is 10.1. The first kappa shape index (κ1) is 21.1. The standard InChI is InChI=1S/C32H30NO/c1-22(32(34)24-11-4-3-5-12-24)33(2)20-27-17-16-23-10-8-9-15-29(23)31(27)30-19-26-14-7-6-13-25(26)18-28(30)21-33/h3-19,22,32,34H,20-21H2,1-2H3/q+1/t22-,32+,33-/m1/s1. The summed E-state index contributed by atoms with van der Waals surface area (Å²) < 4.78 is 0.743. The molecule has 0 radical (unpaired) electrons. The Morgan fingerprint density at radius 1 is 0.676 bits per heavy atom. The molecule has 0 saturated heterocycles. The van der Waals surface area contributed by atoms with Gasteiger partial charge in [-0.15, -0.1) is 0 Å². The van der Waals surface area contributed by atoms with Crippen LogP contribution in [-0.4, -0.2) is 22.7 Å². The third-order valence-electron chi connectivity index (χ3n) is 7.90. The van der Waals surface area contributed by atoms with Crippen LogP contribution in [0.15, 0.2) is 103 Å². The van der Waals surface area contributed by atoms with Gasteiger partial charge in [0.1, 0.15) is 25.2 Å². The minimum atomic E-state index is -0.530. The predicted molar refractivity (Wildman–Crippen MR) is 141 cm³/mol. The van der Waals surface area contributed by atoms with Gasteiger partial charge in [-0.3, -0.25) is 0 Å². The largest absolute Gasteiger partial charge is 0.382 e. The average molecular weight is 445 g/mol. The van der Waals surface area contributed by atoms with Gasteiger partial charge in [0, 0.05) is 11.1 Å². The minimum absolute atomic E-state index is 0.0270. The van der Waals surface area contributed by atoms with Gasteiger partial charge in [0.15, 0.2) is 0 Å². The van der Waals surface area contributed by atoms with Crippen LogP contribution in [0.3, 0.4) is 0 Å². The van der Waals surface area contributed by atoms with Crippen LogP contribution in [0.1, 0.15) is 29.7 Å². The van der Waals surface area contributed by atoms with E-state index in [1.54, 1.807) is 0 Å². The van der Waals surface area contributed by atoms with E-state index in [0.717, 1.165) is 23.1 Å². The summed E-state index contributed by atoms with van der Waals surface area (Å²) in [6, 6.07) is 36.8. The maximum absolute atomic E-state index is 11.4. The van der Waals surface area contributed by atoms with Crippen molar-refractivity contribution in [3.8, 4) is 11.1 Å². The van der Waals surface area contributed by atoms with Gasteiger partial charge in [0.25, 0.3) is 0 Å². The topological polar surface area (TPSA) is 20.2 Å². The Morgan fingerprint density at radius 2 is 1.29 bits per heavy atom. The van der Waals surface area contributed by atoms with Crippen LogP contribution >= 0.6 is 0 Å². The number of benzene rings is 5. The summed E-state index contributed by atoms with van der Waals surface area (Å²) in [6.45, 7) is 3.94. The Hall–Kier alpha value is -3.46. The monoisotopic (exact) mass is 444 g/mol. The van der Waals surface area contributed by atoms with Crippen molar-refractivity contribution < 1.29 is 9.59 Å². The van der Waals surface area contributed by atoms with Crippen molar-refractivity contribution in [3.05, 3.63) is 120 Å². The van der Waals surface area contributed by atoms with E-state index in [0.29, 0.717) is 0 Å². The molecule has 0 unspecified atom stereocenters. The molecule has 3 atom stereocenters. The molecule has 1 aliphatic heterocycles. The lowest BCUT2D eigenvalue weighted by Crippen LogP contribution is -2.51. The zero-order valence-electron chi connectivity index (χ0n) is 19.8. The van der Waals surface area contributed by atoms with Gasteiger partial charge in [-0.1, -0.05) is 91.0 Å². The van der Waals surface area contributed by atoms with E-state index in [-0.39, 0.29) is 6.04 Å². The van der Waals surface area contributed by atoms with Gasteiger partial charge in [0.05, 0.1) is 7.05 Å². The molecule has 1 aliphatic rings. The van der Waals surface area contributed by atoms with Crippen molar-refractivity contribution in [2.75, 3.05) is 7.05 Å². The fourth-order valence-corrected chi connectivity index (χ4v) is 5.81. The van der Waals surface area contributed by atoms with E-state index < -0.39 is 6.10 Å². The molecule has 0 spiro atoms. The van der Waals surface area contributed by atoms with E-state index in [1.165, 1.54) is 43.8 Å². The fourth-order valence-electron chi connectivity index (χ4n) is 5.81. The van der Waals surface area contributed by atoms with Crippen LogP contribution < -0.4 is 0 Å². The van der Waals surface area contributed by atoms with Crippen molar-refractivity contribution in [1.29, 1.82) is 0 Å². The van der Waals surface area contributed by atoms with Crippen LogP contribution in [0.5, 0.6) is 0 Å². The smallest absolute Gasteiger partial charge is 0.130 e. The molecule has 5 aromatic carbocycles. The van der Waals surface area contributed by atoms with E-state index in [1.807, 2.05) is 30.3 Å². The van der Waals surface area contributed by atoms with Gasteiger partial charge < -0.3 is 9.59 Å². The first-order chi connectivity index (χ1) is 16.5. The lowest BCUT2D eigenvalue weighted by molar-refractivity contribution is -0.960. The Balaban J connectivity index is 1.58. The fraction of sp³-hybridized carbons (Fsp3) is 0.188. The minimum Gasteiger partial charge on any atom is -0.382 e.